The van der Waals surface area contributed by atoms with E-state index in [-0.39, 0.29) is 17.1 Å². The van der Waals surface area contributed by atoms with Crippen molar-refractivity contribution in [3.8, 4) is 0 Å². The van der Waals surface area contributed by atoms with Crippen molar-refractivity contribution < 1.29 is 4.79 Å². The first kappa shape index (κ1) is 14.6. The number of hydrogen-bond donors (Lipinski definition) is 0. The fraction of sp³-hybridized carbons (Fsp3) is 0.538. The highest BCUT2D eigenvalue weighted by atomic mass is 35.5. The summed E-state index contributed by atoms with van der Waals surface area (Å²) < 4.78 is 0. The third-order valence-electron chi connectivity index (χ3n) is 3.35. The fourth-order valence-electron chi connectivity index (χ4n) is 2.40. The highest BCUT2D eigenvalue weighted by molar-refractivity contribution is 6.34. The summed E-state index contributed by atoms with van der Waals surface area (Å²) in [6.45, 7) is 4.66. The number of carbonyl (C=O) groups is 1. The maximum Gasteiger partial charge on any atom is 0.257 e. The Morgan fingerprint density at radius 2 is 2.11 bits per heavy atom. The normalized spacial score (nSPS) is 21.3. The highest BCUT2D eigenvalue weighted by Gasteiger charge is 2.26. The largest absolute Gasteiger partial charge is 0.335 e. The van der Waals surface area contributed by atoms with Crippen LogP contribution in [-0.2, 0) is 0 Å². The Kier molecular flexibility index (Phi) is 4.66. The summed E-state index contributed by atoms with van der Waals surface area (Å²) in [5.74, 6) is -0.0723. The lowest BCUT2D eigenvalue weighted by molar-refractivity contribution is 0.0696. The standard InChI is InChI=1S/C13H17Cl2N3O/c1-9-8-17(2)6-3-7-18(9)13(19)10-4-5-11(14)16-12(10)15/h4-5,9H,3,6-8H2,1-2H3. The summed E-state index contributed by atoms with van der Waals surface area (Å²) in [6.07, 6.45) is 0.964. The van der Waals surface area contributed by atoms with Crippen LogP contribution < -0.4 is 0 Å². The van der Waals surface area contributed by atoms with Gasteiger partial charge in [0.05, 0.1) is 5.56 Å². The van der Waals surface area contributed by atoms with Crippen molar-refractivity contribution >= 4 is 29.1 Å². The third-order valence-corrected chi connectivity index (χ3v) is 3.85. The van der Waals surface area contributed by atoms with E-state index in [9.17, 15) is 4.79 Å². The molecule has 0 aromatic carbocycles. The van der Waals surface area contributed by atoms with Gasteiger partial charge in [-0.05, 0) is 39.1 Å². The molecule has 1 aromatic rings. The summed E-state index contributed by atoms with van der Waals surface area (Å²) in [5.41, 5.74) is 0.419. The molecule has 19 heavy (non-hydrogen) atoms. The van der Waals surface area contributed by atoms with Crippen LogP contribution in [-0.4, -0.2) is 53.4 Å². The van der Waals surface area contributed by atoms with Crippen LogP contribution in [0.2, 0.25) is 10.3 Å². The van der Waals surface area contributed by atoms with Crippen molar-refractivity contribution in [3.63, 3.8) is 0 Å². The van der Waals surface area contributed by atoms with Gasteiger partial charge >= 0.3 is 0 Å². The second-order valence-corrected chi connectivity index (χ2v) is 5.68. The number of likely N-dealkylation sites (N-methyl/N-ethyl adjacent to an activating group) is 1. The van der Waals surface area contributed by atoms with Gasteiger partial charge < -0.3 is 9.80 Å². The van der Waals surface area contributed by atoms with Crippen molar-refractivity contribution in [2.24, 2.45) is 0 Å². The summed E-state index contributed by atoms with van der Waals surface area (Å²) >= 11 is 11.8. The van der Waals surface area contributed by atoms with Gasteiger partial charge in [-0.1, -0.05) is 23.2 Å². The molecule has 1 atom stereocenters. The van der Waals surface area contributed by atoms with E-state index in [0.717, 1.165) is 26.1 Å². The lowest BCUT2D eigenvalue weighted by Crippen LogP contribution is -2.42. The number of nitrogens with zero attached hydrogens (tertiary/aromatic N) is 3. The van der Waals surface area contributed by atoms with Gasteiger partial charge in [0.1, 0.15) is 10.3 Å². The molecule has 2 rings (SSSR count). The smallest absolute Gasteiger partial charge is 0.257 e. The Bertz CT molecular complexity index is 481. The van der Waals surface area contributed by atoms with E-state index >= 15 is 0 Å². The van der Waals surface area contributed by atoms with Crippen molar-refractivity contribution in [2.45, 2.75) is 19.4 Å². The molecule has 0 saturated carbocycles. The van der Waals surface area contributed by atoms with Crippen LogP contribution in [0.1, 0.15) is 23.7 Å². The van der Waals surface area contributed by atoms with E-state index in [2.05, 4.69) is 23.9 Å². The number of carbonyl (C=O) groups excluding carboxylic acids is 1. The van der Waals surface area contributed by atoms with Crippen LogP contribution in [0.25, 0.3) is 0 Å². The van der Waals surface area contributed by atoms with Gasteiger partial charge in [-0.25, -0.2) is 4.98 Å². The van der Waals surface area contributed by atoms with Gasteiger partial charge in [0.15, 0.2) is 0 Å². The monoisotopic (exact) mass is 301 g/mol. The van der Waals surface area contributed by atoms with Crippen LogP contribution >= 0.6 is 23.2 Å². The molecular weight excluding hydrogens is 285 g/mol. The molecule has 104 valence electrons. The maximum atomic E-state index is 12.5. The zero-order valence-corrected chi connectivity index (χ0v) is 12.6. The third kappa shape index (κ3) is 3.38. The minimum absolute atomic E-state index is 0.0723. The zero-order chi connectivity index (χ0) is 14.0. The van der Waals surface area contributed by atoms with Crippen molar-refractivity contribution in [2.75, 3.05) is 26.7 Å². The van der Waals surface area contributed by atoms with Gasteiger partial charge in [-0.3, -0.25) is 4.79 Å². The second-order valence-electron chi connectivity index (χ2n) is 4.94. The first-order chi connectivity index (χ1) is 8.99. The second kappa shape index (κ2) is 6.07. The van der Waals surface area contributed by atoms with E-state index in [4.69, 9.17) is 23.2 Å². The van der Waals surface area contributed by atoms with E-state index in [0.29, 0.717) is 10.7 Å². The number of aromatic nitrogens is 1. The number of pyridine rings is 1. The molecule has 1 aromatic heterocycles. The molecule has 1 fully saturated rings. The predicted molar refractivity (Wildman–Crippen MR) is 76.9 cm³/mol. The molecule has 1 amide bonds. The lowest BCUT2D eigenvalue weighted by atomic mass is 10.2. The topological polar surface area (TPSA) is 36.4 Å². The Balaban J connectivity index is 2.22. The molecule has 0 aliphatic carbocycles. The molecule has 0 radical (unpaired) electrons. The molecule has 2 heterocycles. The predicted octanol–water partition coefficient (Wildman–Crippen LogP) is 2.55. The Morgan fingerprint density at radius 3 is 2.79 bits per heavy atom. The summed E-state index contributed by atoms with van der Waals surface area (Å²) in [6, 6.07) is 3.39. The van der Waals surface area contributed by atoms with Gasteiger partial charge in [0, 0.05) is 19.1 Å². The van der Waals surface area contributed by atoms with Gasteiger partial charge in [-0.2, -0.15) is 0 Å². The fourth-order valence-corrected chi connectivity index (χ4v) is 2.83. The van der Waals surface area contributed by atoms with Crippen molar-refractivity contribution in [1.82, 2.24) is 14.8 Å². The molecule has 1 unspecified atom stereocenters. The van der Waals surface area contributed by atoms with E-state index in [1.54, 1.807) is 12.1 Å². The first-order valence-electron chi connectivity index (χ1n) is 6.30. The van der Waals surface area contributed by atoms with E-state index < -0.39 is 0 Å². The molecule has 0 spiro atoms. The quantitative estimate of drug-likeness (QED) is 0.748. The summed E-state index contributed by atoms with van der Waals surface area (Å²) in [7, 11) is 2.07. The summed E-state index contributed by atoms with van der Waals surface area (Å²) in [4.78, 5) is 20.6. The number of rotatable bonds is 1. The van der Waals surface area contributed by atoms with E-state index in [1.807, 2.05) is 4.90 Å². The Hall–Kier alpha value is -0.840. The van der Waals surface area contributed by atoms with Crippen molar-refractivity contribution in [3.05, 3.63) is 28.0 Å². The molecule has 4 nitrogen and oxygen atoms in total. The highest BCUT2D eigenvalue weighted by Crippen LogP contribution is 2.20. The van der Waals surface area contributed by atoms with Crippen LogP contribution in [0.3, 0.4) is 0 Å². The van der Waals surface area contributed by atoms with Crippen LogP contribution in [0.15, 0.2) is 12.1 Å². The SMILES string of the molecule is CC1CN(C)CCCN1C(=O)c1ccc(Cl)nc1Cl. The molecule has 0 N–H and O–H groups in total. The molecule has 1 saturated heterocycles. The van der Waals surface area contributed by atoms with Crippen LogP contribution in [0, 0.1) is 0 Å². The van der Waals surface area contributed by atoms with Crippen molar-refractivity contribution in [1.29, 1.82) is 0 Å². The average Bonchev–Trinajstić information content (AvgIpc) is 2.49. The number of halogens is 2. The maximum absolute atomic E-state index is 12.5. The van der Waals surface area contributed by atoms with E-state index in [1.165, 1.54) is 0 Å². The molecule has 1 aliphatic rings. The Morgan fingerprint density at radius 1 is 1.37 bits per heavy atom. The molecule has 0 bridgehead atoms. The molecule has 1 aliphatic heterocycles. The number of hydrogen-bond acceptors (Lipinski definition) is 3. The first-order valence-corrected chi connectivity index (χ1v) is 7.06. The van der Waals surface area contributed by atoms with Gasteiger partial charge in [0.2, 0.25) is 0 Å². The van der Waals surface area contributed by atoms with Gasteiger partial charge in [-0.15, -0.1) is 0 Å². The zero-order valence-electron chi connectivity index (χ0n) is 11.1. The minimum Gasteiger partial charge on any atom is -0.335 e. The number of amides is 1. The minimum atomic E-state index is -0.0723. The summed E-state index contributed by atoms with van der Waals surface area (Å²) in [5, 5.41) is 0.465. The van der Waals surface area contributed by atoms with Crippen LogP contribution in [0.4, 0.5) is 0 Å². The Labute approximate surface area is 123 Å². The molecule has 6 heteroatoms. The van der Waals surface area contributed by atoms with Gasteiger partial charge in [0.25, 0.3) is 5.91 Å². The lowest BCUT2D eigenvalue weighted by Gasteiger charge is -2.28. The van der Waals surface area contributed by atoms with Crippen LogP contribution in [0.5, 0.6) is 0 Å². The molecular formula is C13H17Cl2N3O. The average molecular weight is 302 g/mol.